The Kier molecular flexibility index (Phi) is 7.03. The van der Waals surface area contributed by atoms with Gasteiger partial charge in [-0.2, -0.15) is 0 Å². The van der Waals surface area contributed by atoms with E-state index in [9.17, 15) is 0 Å². The summed E-state index contributed by atoms with van der Waals surface area (Å²) in [6.07, 6.45) is 0. The van der Waals surface area contributed by atoms with Gasteiger partial charge in [0.1, 0.15) is 22.3 Å². The SMILES string of the molecule is c1ccc(-c2nc(-c3ccc(-c4ccc(-c5cccc6sc7ccccc7c56)c5oc6ccccc6c45)cc3)nc(-c3cccc4oc5ccccc5c34)n2)cc1. The second-order valence-electron chi connectivity index (χ2n) is 14.3. The summed E-state index contributed by atoms with van der Waals surface area (Å²) in [6.45, 7) is 0. The predicted octanol–water partition coefficient (Wildman–Crippen LogP) is 14.4. The molecule has 0 radical (unpaired) electrons. The van der Waals surface area contributed by atoms with Crippen LogP contribution in [0.1, 0.15) is 0 Å². The van der Waals surface area contributed by atoms with Gasteiger partial charge in [0.15, 0.2) is 17.5 Å². The van der Waals surface area contributed by atoms with Crippen molar-refractivity contribution in [2.75, 3.05) is 0 Å². The molecule has 0 N–H and O–H groups in total. The van der Waals surface area contributed by atoms with Gasteiger partial charge in [0.25, 0.3) is 0 Å². The van der Waals surface area contributed by atoms with Crippen LogP contribution >= 0.6 is 11.3 Å². The lowest BCUT2D eigenvalue weighted by atomic mass is 9.92. The number of nitrogens with zero attached hydrogens (tertiary/aromatic N) is 3. The Morgan fingerprint density at radius 3 is 1.68 bits per heavy atom. The van der Waals surface area contributed by atoms with Crippen LogP contribution in [0.2, 0.25) is 0 Å². The molecule has 0 spiro atoms. The van der Waals surface area contributed by atoms with Crippen LogP contribution in [-0.4, -0.2) is 15.0 Å². The largest absolute Gasteiger partial charge is 0.456 e. The third-order valence-electron chi connectivity index (χ3n) is 11.0. The Morgan fingerprint density at radius 1 is 0.316 bits per heavy atom. The molecule has 0 aliphatic heterocycles. The van der Waals surface area contributed by atoms with Crippen LogP contribution in [0.15, 0.2) is 185 Å². The molecular formula is C51H29N3O2S. The van der Waals surface area contributed by atoms with Gasteiger partial charge < -0.3 is 8.83 Å². The molecule has 0 atom stereocenters. The minimum absolute atomic E-state index is 0.593. The average molecular weight is 748 g/mol. The van der Waals surface area contributed by atoms with Crippen LogP contribution in [0.4, 0.5) is 0 Å². The van der Waals surface area contributed by atoms with Gasteiger partial charge in [0, 0.05) is 64.0 Å². The lowest BCUT2D eigenvalue weighted by molar-refractivity contribution is 0.669. The number of hydrogen-bond donors (Lipinski definition) is 0. The van der Waals surface area contributed by atoms with Crippen LogP contribution in [0.5, 0.6) is 0 Å². The molecule has 12 rings (SSSR count). The number of hydrogen-bond acceptors (Lipinski definition) is 6. The summed E-state index contributed by atoms with van der Waals surface area (Å²) in [7, 11) is 0. The normalized spacial score (nSPS) is 11.9. The minimum atomic E-state index is 0.593. The fourth-order valence-electron chi connectivity index (χ4n) is 8.38. The standard InChI is InChI=1S/C51H29N3O2S/c1-2-12-31(13-3-1)49-52-50(54-51(53-49)39-18-10-21-42-45(39)36-14-4-7-19-40(36)55-42)32-26-24-30(25-27-32)33-28-29-35(48-47(33)37-15-5-8-20-41(37)56-48)34-17-11-23-44-46(34)38-16-6-9-22-43(38)57-44/h1-29H. The molecule has 0 unspecified atom stereocenters. The van der Waals surface area contributed by atoms with E-state index in [0.29, 0.717) is 17.5 Å². The third-order valence-corrected chi connectivity index (χ3v) is 12.1. The molecule has 0 aliphatic rings. The summed E-state index contributed by atoms with van der Waals surface area (Å²) in [6, 6.07) is 60.8. The van der Waals surface area contributed by atoms with E-state index in [1.54, 1.807) is 0 Å². The van der Waals surface area contributed by atoms with E-state index in [0.717, 1.165) is 77.3 Å². The van der Waals surface area contributed by atoms with Crippen LogP contribution in [-0.2, 0) is 0 Å². The highest BCUT2D eigenvalue weighted by Gasteiger charge is 2.21. The third kappa shape index (κ3) is 5.04. The molecule has 4 aromatic heterocycles. The Morgan fingerprint density at radius 2 is 0.877 bits per heavy atom. The molecule has 4 heterocycles. The van der Waals surface area contributed by atoms with Gasteiger partial charge >= 0.3 is 0 Å². The molecule has 57 heavy (non-hydrogen) atoms. The highest BCUT2D eigenvalue weighted by Crippen LogP contribution is 2.46. The molecule has 266 valence electrons. The highest BCUT2D eigenvalue weighted by atomic mass is 32.1. The molecule has 0 saturated carbocycles. The van der Waals surface area contributed by atoms with E-state index >= 15 is 0 Å². The lowest BCUT2D eigenvalue weighted by Crippen LogP contribution is -2.00. The van der Waals surface area contributed by atoms with Gasteiger partial charge in [-0.05, 0) is 53.1 Å². The van der Waals surface area contributed by atoms with Gasteiger partial charge in [-0.1, -0.05) is 140 Å². The molecule has 0 bridgehead atoms. The second kappa shape index (κ2) is 12.6. The maximum Gasteiger partial charge on any atom is 0.164 e. The smallest absolute Gasteiger partial charge is 0.164 e. The van der Waals surface area contributed by atoms with Crippen molar-refractivity contribution in [3.63, 3.8) is 0 Å². The first-order chi connectivity index (χ1) is 28.2. The summed E-state index contributed by atoms with van der Waals surface area (Å²) in [5.74, 6) is 1.80. The highest BCUT2D eigenvalue weighted by molar-refractivity contribution is 7.25. The zero-order valence-electron chi connectivity index (χ0n) is 30.3. The lowest BCUT2D eigenvalue weighted by Gasteiger charge is -2.11. The maximum absolute atomic E-state index is 6.76. The summed E-state index contributed by atoms with van der Waals surface area (Å²) in [4.78, 5) is 15.2. The molecule has 8 aromatic carbocycles. The minimum Gasteiger partial charge on any atom is -0.456 e. The van der Waals surface area contributed by atoms with Crippen LogP contribution in [0, 0.1) is 0 Å². The fraction of sp³-hybridized carbons (Fsp3) is 0. The van der Waals surface area contributed by atoms with Crippen molar-refractivity contribution < 1.29 is 8.83 Å². The molecule has 5 nitrogen and oxygen atoms in total. The van der Waals surface area contributed by atoms with E-state index in [2.05, 4.69) is 109 Å². The second-order valence-corrected chi connectivity index (χ2v) is 15.4. The van der Waals surface area contributed by atoms with Crippen LogP contribution in [0.25, 0.3) is 120 Å². The number of furan rings is 2. The Labute approximate surface area is 330 Å². The van der Waals surface area contributed by atoms with E-state index in [1.807, 2.05) is 78.1 Å². The number of rotatable bonds is 5. The molecule has 0 saturated heterocycles. The van der Waals surface area contributed by atoms with Crippen molar-refractivity contribution in [1.82, 2.24) is 15.0 Å². The predicted molar refractivity (Wildman–Crippen MR) is 234 cm³/mol. The molecule has 0 fully saturated rings. The van der Waals surface area contributed by atoms with E-state index in [1.165, 1.54) is 25.7 Å². The van der Waals surface area contributed by atoms with Gasteiger partial charge in [-0.3, -0.25) is 0 Å². The van der Waals surface area contributed by atoms with Crippen molar-refractivity contribution >= 4 is 75.4 Å². The summed E-state index contributed by atoms with van der Waals surface area (Å²) in [5.41, 5.74) is 10.5. The molecule has 0 amide bonds. The number of aromatic nitrogens is 3. The number of benzene rings is 8. The van der Waals surface area contributed by atoms with Crippen molar-refractivity contribution in [2.45, 2.75) is 0 Å². The number of fused-ring (bicyclic) bond motifs is 9. The number of para-hydroxylation sites is 2. The summed E-state index contributed by atoms with van der Waals surface area (Å²) >= 11 is 1.83. The van der Waals surface area contributed by atoms with E-state index < -0.39 is 0 Å². The number of thiophene rings is 1. The topological polar surface area (TPSA) is 65.0 Å². The van der Waals surface area contributed by atoms with Gasteiger partial charge in [0.2, 0.25) is 0 Å². The van der Waals surface area contributed by atoms with Crippen LogP contribution < -0.4 is 0 Å². The molecule has 12 aromatic rings. The molecule has 6 heteroatoms. The first kappa shape index (κ1) is 31.9. The zero-order chi connectivity index (χ0) is 37.5. The summed E-state index contributed by atoms with van der Waals surface area (Å²) in [5, 5.41) is 6.74. The van der Waals surface area contributed by atoms with Crippen molar-refractivity contribution in [3.8, 4) is 56.4 Å². The van der Waals surface area contributed by atoms with Gasteiger partial charge in [-0.15, -0.1) is 11.3 Å². The first-order valence-electron chi connectivity index (χ1n) is 18.9. The molecular weight excluding hydrogens is 719 g/mol. The van der Waals surface area contributed by atoms with E-state index in [4.69, 9.17) is 23.8 Å². The zero-order valence-corrected chi connectivity index (χ0v) is 31.1. The Bertz CT molecular complexity index is 3530. The van der Waals surface area contributed by atoms with Gasteiger partial charge in [-0.25, -0.2) is 15.0 Å². The first-order valence-corrected chi connectivity index (χ1v) is 19.7. The van der Waals surface area contributed by atoms with Crippen molar-refractivity contribution in [2.24, 2.45) is 0 Å². The van der Waals surface area contributed by atoms with Crippen LogP contribution in [0.3, 0.4) is 0 Å². The quantitative estimate of drug-likeness (QED) is 0.175. The van der Waals surface area contributed by atoms with E-state index in [-0.39, 0.29) is 0 Å². The Hall–Kier alpha value is -7.41. The average Bonchev–Trinajstić information content (AvgIpc) is 3.98. The monoisotopic (exact) mass is 747 g/mol. The van der Waals surface area contributed by atoms with Crippen molar-refractivity contribution in [1.29, 1.82) is 0 Å². The van der Waals surface area contributed by atoms with Gasteiger partial charge in [0.05, 0.1) is 0 Å². The molecule has 0 aliphatic carbocycles. The fourth-order valence-corrected chi connectivity index (χ4v) is 9.51. The maximum atomic E-state index is 6.76. The summed E-state index contributed by atoms with van der Waals surface area (Å²) < 4.78 is 15.6. The Balaban J connectivity index is 1.02. The van der Waals surface area contributed by atoms with Crippen molar-refractivity contribution in [3.05, 3.63) is 176 Å².